The van der Waals surface area contributed by atoms with E-state index in [0.717, 1.165) is 0 Å². The van der Waals surface area contributed by atoms with Crippen LogP contribution in [0.15, 0.2) is 24.3 Å². The summed E-state index contributed by atoms with van der Waals surface area (Å²) in [6.45, 7) is 4.33. The molecule has 0 fully saturated rings. The molecule has 0 aliphatic rings. The lowest BCUT2D eigenvalue weighted by Crippen LogP contribution is -2.42. The van der Waals surface area contributed by atoms with Gasteiger partial charge in [-0.1, -0.05) is 19.1 Å². The highest BCUT2D eigenvalue weighted by atomic mass is 19.1. The third-order valence-electron chi connectivity index (χ3n) is 3.16. The van der Waals surface area contributed by atoms with Crippen LogP contribution in [0.2, 0.25) is 0 Å². The normalized spacial score (nSPS) is 11.8. The van der Waals surface area contributed by atoms with E-state index in [1.54, 1.807) is 25.1 Å². The van der Waals surface area contributed by atoms with Gasteiger partial charge < -0.3 is 10.4 Å². The second-order valence-electron chi connectivity index (χ2n) is 4.92. The molecule has 0 heterocycles. The van der Waals surface area contributed by atoms with E-state index in [1.807, 2.05) is 6.92 Å². The van der Waals surface area contributed by atoms with Crippen molar-refractivity contribution in [1.82, 2.24) is 5.32 Å². The third kappa shape index (κ3) is 5.41. The molecule has 1 rings (SSSR count). The Balaban J connectivity index is 2.56. The molecule has 1 atom stereocenters. The fourth-order valence-corrected chi connectivity index (χ4v) is 1.92. The molecule has 2 N–H and O–H groups in total. The lowest BCUT2D eigenvalue weighted by Gasteiger charge is -2.23. The zero-order valence-corrected chi connectivity index (χ0v) is 12.3. The first kappa shape index (κ1) is 16.9. The predicted octanol–water partition coefficient (Wildman–Crippen LogP) is 2.86. The molecule has 2 amide bonds. The topological polar surface area (TPSA) is 69.6 Å². The van der Waals surface area contributed by atoms with Crippen LogP contribution in [0.4, 0.5) is 14.9 Å². The van der Waals surface area contributed by atoms with Crippen LogP contribution in [-0.4, -0.2) is 30.2 Å². The molecule has 0 spiro atoms. The van der Waals surface area contributed by atoms with Crippen molar-refractivity contribution in [1.29, 1.82) is 0 Å². The third-order valence-corrected chi connectivity index (χ3v) is 3.16. The number of nitrogens with zero attached hydrogens (tertiary/aromatic N) is 1. The van der Waals surface area contributed by atoms with Crippen molar-refractivity contribution in [3.8, 4) is 0 Å². The quantitative estimate of drug-likeness (QED) is 0.813. The Labute approximate surface area is 123 Å². The second kappa shape index (κ2) is 8.24. The number of amides is 2. The SMILES string of the molecule is CCN(C(=O)NCC(C)CCC(=O)O)c1ccccc1F. The lowest BCUT2D eigenvalue weighted by molar-refractivity contribution is -0.137. The number of hydrogen-bond donors (Lipinski definition) is 2. The zero-order chi connectivity index (χ0) is 15.8. The van der Waals surface area contributed by atoms with Crippen molar-refractivity contribution in [2.24, 2.45) is 5.92 Å². The van der Waals surface area contributed by atoms with E-state index in [9.17, 15) is 14.0 Å². The number of urea groups is 1. The highest BCUT2D eigenvalue weighted by molar-refractivity contribution is 5.92. The number of nitrogens with one attached hydrogen (secondary N) is 1. The molecule has 116 valence electrons. The number of carboxylic acid groups (broad SMARTS) is 1. The van der Waals surface area contributed by atoms with Crippen molar-refractivity contribution >= 4 is 17.7 Å². The van der Waals surface area contributed by atoms with E-state index in [0.29, 0.717) is 19.5 Å². The number of rotatable bonds is 7. The maximum atomic E-state index is 13.7. The van der Waals surface area contributed by atoms with Crippen molar-refractivity contribution in [3.05, 3.63) is 30.1 Å². The van der Waals surface area contributed by atoms with E-state index in [4.69, 9.17) is 5.11 Å². The Hall–Kier alpha value is -2.11. The van der Waals surface area contributed by atoms with Crippen LogP contribution in [0, 0.1) is 11.7 Å². The maximum absolute atomic E-state index is 13.7. The van der Waals surface area contributed by atoms with E-state index in [2.05, 4.69) is 5.32 Å². The fourth-order valence-electron chi connectivity index (χ4n) is 1.92. The van der Waals surface area contributed by atoms with Crippen LogP contribution >= 0.6 is 0 Å². The Morgan fingerprint density at radius 1 is 1.38 bits per heavy atom. The fraction of sp³-hybridized carbons (Fsp3) is 0.467. The summed E-state index contributed by atoms with van der Waals surface area (Å²) >= 11 is 0. The van der Waals surface area contributed by atoms with Gasteiger partial charge in [-0.2, -0.15) is 0 Å². The van der Waals surface area contributed by atoms with Gasteiger partial charge in [-0.25, -0.2) is 9.18 Å². The summed E-state index contributed by atoms with van der Waals surface area (Å²) in [6, 6.07) is 5.71. The zero-order valence-electron chi connectivity index (χ0n) is 12.3. The molecule has 6 heteroatoms. The number of halogens is 1. The maximum Gasteiger partial charge on any atom is 0.321 e. The summed E-state index contributed by atoms with van der Waals surface area (Å²) in [7, 11) is 0. The number of hydrogen-bond acceptors (Lipinski definition) is 2. The van der Waals surface area contributed by atoms with Crippen molar-refractivity contribution < 1.29 is 19.1 Å². The average Bonchev–Trinajstić information content (AvgIpc) is 2.45. The molecule has 0 aromatic heterocycles. The minimum atomic E-state index is -0.852. The summed E-state index contributed by atoms with van der Waals surface area (Å²) in [5, 5.41) is 11.3. The van der Waals surface area contributed by atoms with Crippen LogP contribution in [0.25, 0.3) is 0 Å². The highest BCUT2D eigenvalue weighted by Crippen LogP contribution is 2.18. The summed E-state index contributed by atoms with van der Waals surface area (Å²) in [5.41, 5.74) is 0.232. The molecule has 0 aliphatic heterocycles. The highest BCUT2D eigenvalue weighted by Gasteiger charge is 2.17. The van der Waals surface area contributed by atoms with Gasteiger partial charge in [0.05, 0.1) is 5.69 Å². The summed E-state index contributed by atoms with van der Waals surface area (Å²) in [4.78, 5) is 23.9. The molecule has 0 bridgehead atoms. The first-order valence-corrected chi connectivity index (χ1v) is 6.97. The van der Waals surface area contributed by atoms with Gasteiger partial charge in [-0.15, -0.1) is 0 Å². The molecule has 0 saturated heterocycles. The van der Waals surface area contributed by atoms with Crippen LogP contribution in [-0.2, 0) is 4.79 Å². The van der Waals surface area contributed by atoms with Crippen LogP contribution in [0.5, 0.6) is 0 Å². The van der Waals surface area contributed by atoms with Gasteiger partial charge in [0.2, 0.25) is 0 Å². The summed E-state index contributed by atoms with van der Waals surface area (Å²) in [6.07, 6.45) is 0.559. The Kier molecular flexibility index (Phi) is 6.65. The number of anilines is 1. The first-order valence-electron chi connectivity index (χ1n) is 6.97. The largest absolute Gasteiger partial charge is 0.481 e. The minimum absolute atomic E-state index is 0.0457. The van der Waals surface area contributed by atoms with Crippen LogP contribution in [0.1, 0.15) is 26.7 Å². The number of carbonyl (C=O) groups is 2. The molecule has 0 aliphatic carbocycles. The van der Waals surface area contributed by atoms with Crippen molar-refractivity contribution in [3.63, 3.8) is 0 Å². The van der Waals surface area contributed by atoms with Crippen LogP contribution in [0.3, 0.4) is 0 Å². The molecular formula is C15H21FN2O3. The van der Waals surface area contributed by atoms with Gasteiger partial charge >= 0.3 is 12.0 Å². The van der Waals surface area contributed by atoms with E-state index < -0.39 is 11.8 Å². The lowest BCUT2D eigenvalue weighted by atomic mass is 10.1. The van der Waals surface area contributed by atoms with Crippen LogP contribution < -0.4 is 10.2 Å². The standard InChI is InChI=1S/C15H21FN2O3/c1-3-18(13-7-5-4-6-12(13)16)15(21)17-10-11(2)8-9-14(19)20/h4-7,11H,3,8-10H2,1-2H3,(H,17,21)(H,19,20). The van der Waals surface area contributed by atoms with Gasteiger partial charge in [0.1, 0.15) is 5.82 Å². The smallest absolute Gasteiger partial charge is 0.321 e. The average molecular weight is 296 g/mol. The molecule has 1 aromatic carbocycles. The Morgan fingerprint density at radius 3 is 2.62 bits per heavy atom. The number of aliphatic carboxylic acids is 1. The van der Waals surface area contributed by atoms with E-state index in [-0.39, 0.29) is 24.1 Å². The van der Waals surface area contributed by atoms with Gasteiger partial charge in [-0.05, 0) is 31.4 Å². The van der Waals surface area contributed by atoms with E-state index >= 15 is 0 Å². The molecule has 5 nitrogen and oxygen atoms in total. The number of carboxylic acids is 1. The second-order valence-corrected chi connectivity index (χ2v) is 4.92. The molecule has 0 radical (unpaired) electrons. The Bertz CT molecular complexity index is 494. The number of carbonyl (C=O) groups excluding carboxylic acids is 1. The van der Waals surface area contributed by atoms with Gasteiger partial charge in [0.15, 0.2) is 0 Å². The minimum Gasteiger partial charge on any atom is -0.481 e. The molecule has 1 aromatic rings. The number of benzene rings is 1. The van der Waals surface area contributed by atoms with Crippen molar-refractivity contribution in [2.75, 3.05) is 18.0 Å². The van der Waals surface area contributed by atoms with Crippen molar-refractivity contribution in [2.45, 2.75) is 26.7 Å². The van der Waals surface area contributed by atoms with Gasteiger partial charge in [0, 0.05) is 19.5 Å². The molecule has 0 saturated carbocycles. The monoisotopic (exact) mass is 296 g/mol. The molecule has 1 unspecified atom stereocenters. The summed E-state index contributed by atoms with van der Waals surface area (Å²) < 4.78 is 13.7. The number of para-hydroxylation sites is 1. The van der Waals surface area contributed by atoms with Gasteiger partial charge in [0.25, 0.3) is 0 Å². The molecular weight excluding hydrogens is 275 g/mol. The summed E-state index contributed by atoms with van der Waals surface area (Å²) in [5.74, 6) is -1.26. The first-order chi connectivity index (χ1) is 9.95. The van der Waals surface area contributed by atoms with Gasteiger partial charge in [-0.3, -0.25) is 9.69 Å². The Morgan fingerprint density at radius 2 is 2.05 bits per heavy atom. The van der Waals surface area contributed by atoms with E-state index in [1.165, 1.54) is 11.0 Å². The predicted molar refractivity (Wildman–Crippen MR) is 78.9 cm³/mol. The molecule has 21 heavy (non-hydrogen) atoms.